The van der Waals surface area contributed by atoms with Crippen molar-refractivity contribution in [1.82, 2.24) is 14.3 Å². The van der Waals surface area contributed by atoms with Crippen molar-refractivity contribution in [3.63, 3.8) is 0 Å². The molecule has 1 amide bonds. The number of aryl methyl sites for hydroxylation is 1. The Morgan fingerprint density at radius 2 is 2.13 bits per heavy atom. The molecule has 122 valence electrons. The smallest absolute Gasteiger partial charge is 0.412 e. The molecule has 1 aromatic heterocycles. The summed E-state index contributed by atoms with van der Waals surface area (Å²) in [5.74, 6) is 0.931. The number of rotatable bonds is 1. The summed E-state index contributed by atoms with van der Waals surface area (Å²) in [7, 11) is 1.58. The minimum atomic E-state index is -0.604. The minimum absolute atomic E-state index is 0.149. The first-order valence-electron chi connectivity index (χ1n) is 7.17. The maximum Gasteiger partial charge on any atom is 0.412 e. The highest BCUT2D eigenvalue weighted by atomic mass is 16.6. The number of amides is 1. The summed E-state index contributed by atoms with van der Waals surface area (Å²) in [6.07, 6.45) is -0.584. The zero-order valence-electron chi connectivity index (χ0n) is 13.4. The fourth-order valence-electron chi connectivity index (χ4n) is 2.35. The van der Waals surface area contributed by atoms with Gasteiger partial charge in [0.1, 0.15) is 12.2 Å². The van der Waals surface area contributed by atoms with Crippen LogP contribution < -0.4 is 15.7 Å². The molecule has 1 aliphatic rings. The van der Waals surface area contributed by atoms with E-state index in [9.17, 15) is 9.59 Å². The molecule has 1 N–H and O–H groups in total. The van der Waals surface area contributed by atoms with E-state index < -0.39 is 11.7 Å². The monoisotopic (exact) mass is 318 g/mol. The van der Waals surface area contributed by atoms with Gasteiger partial charge in [0, 0.05) is 7.05 Å². The van der Waals surface area contributed by atoms with Crippen LogP contribution in [0.25, 0.3) is 5.69 Å². The van der Waals surface area contributed by atoms with E-state index in [1.807, 2.05) is 0 Å². The number of nitrogens with one attached hydrogen (secondary N) is 1. The van der Waals surface area contributed by atoms with E-state index in [0.717, 1.165) is 0 Å². The topological polar surface area (TPSA) is 87.4 Å². The van der Waals surface area contributed by atoms with Gasteiger partial charge in [-0.1, -0.05) is 6.07 Å². The number of para-hydroxylation sites is 1. The largest absolute Gasteiger partial charge is 0.481 e. The predicted molar refractivity (Wildman–Crippen MR) is 83.0 cm³/mol. The van der Waals surface area contributed by atoms with Gasteiger partial charge in [-0.15, -0.1) is 0 Å². The first-order chi connectivity index (χ1) is 10.8. The molecular weight excluding hydrogens is 300 g/mol. The average molecular weight is 318 g/mol. The Hall–Kier alpha value is -2.77. The Morgan fingerprint density at radius 1 is 1.39 bits per heavy atom. The normalized spacial score (nSPS) is 12.9. The Kier molecular flexibility index (Phi) is 3.39. The molecule has 2 aromatic rings. The lowest BCUT2D eigenvalue weighted by molar-refractivity contribution is 0.0635. The van der Waals surface area contributed by atoms with Crippen LogP contribution >= 0.6 is 0 Å². The number of hydrogen-bond donors (Lipinski definition) is 1. The second-order valence-electron chi connectivity index (χ2n) is 6.23. The second-order valence-corrected chi connectivity index (χ2v) is 6.23. The fourth-order valence-corrected chi connectivity index (χ4v) is 2.35. The zero-order valence-corrected chi connectivity index (χ0v) is 13.4. The lowest BCUT2D eigenvalue weighted by atomic mass is 10.2. The summed E-state index contributed by atoms with van der Waals surface area (Å²) < 4.78 is 13.6. The number of ether oxygens (including phenoxy) is 2. The van der Waals surface area contributed by atoms with Gasteiger partial charge in [-0.2, -0.15) is 5.10 Å². The number of carbonyl (C=O) groups excluding carboxylic acids is 1. The van der Waals surface area contributed by atoms with Crippen LogP contribution in [-0.2, 0) is 18.4 Å². The molecule has 1 aromatic carbocycles. The van der Waals surface area contributed by atoms with Gasteiger partial charge in [-0.05, 0) is 32.9 Å². The van der Waals surface area contributed by atoms with Crippen molar-refractivity contribution in [2.24, 2.45) is 7.05 Å². The van der Waals surface area contributed by atoms with Crippen molar-refractivity contribution in [2.45, 2.75) is 33.0 Å². The van der Waals surface area contributed by atoms with Gasteiger partial charge >= 0.3 is 11.8 Å². The highest BCUT2D eigenvalue weighted by Gasteiger charge is 2.25. The van der Waals surface area contributed by atoms with Crippen molar-refractivity contribution in [3.05, 3.63) is 34.5 Å². The van der Waals surface area contributed by atoms with E-state index in [4.69, 9.17) is 9.47 Å². The van der Waals surface area contributed by atoms with Crippen LogP contribution in [0.3, 0.4) is 0 Å². The summed E-state index contributed by atoms with van der Waals surface area (Å²) in [6, 6.07) is 5.15. The molecule has 0 unspecified atom stereocenters. The Balaban J connectivity index is 1.98. The molecule has 2 heterocycles. The van der Waals surface area contributed by atoms with Crippen molar-refractivity contribution in [1.29, 1.82) is 0 Å². The van der Waals surface area contributed by atoms with E-state index in [0.29, 0.717) is 22.9 Å². The molecule has 0 saturated heterocycles. The summed E-state index contributed by atoms with van der Waals surface area (Å²) in [6.45, 7) is 5.50. The second kappa shape index (κ2) is 5.15. The lowest BCUT2D eigenvalue weighted by Gasteiger charge is -2.23. The number of fused-ring (bicyclic) bond motifs is 3. The van der Waals surface area contributed by atoms with Crippen LogP contribution in [0.5, 0.6) is 5.75 Å². The van der Waals surface area contributed by atoms with Gasteiger partial charge in [0.2, 0.25) is 0 Å². The number of benzene rings is 1. The Morgan fingerprint density at radius 3 is 2.83 bits per heavy atom. The molecule has 0 bridgehead atoms. The molecular formula is C15H18N4O4. The molecule has 0 aliphatic carbocycles. The maximum atomic E-state index is 12.2. The van der Waals surface area contributed by atoms with Gasteiger partial charge in [-0.25, -0.2) is 18.8 Å². The van der Waals surface area contributed by atoms with Gasteiger partial charge < -0.3 is 9.47 Å². The maximum absolute atomic E-state index is 12.2. The van der Waals surface area contributed by atoms with Crippen LogP contribution in [0.1, 0.15) is 26.6 Å². The first kappa shape index (κ1) is 15.1. The number of anilines is 1. The molecule has 0 atom stereocenters. The molecule has 3 rings (SSSR count). The quantitative estimate of drug-likeness (QED) is 0.866. The van der Waals surface area contributed by atoms with E-state index in [1.165, 1.54) is 9.25 Å². The molecule has 1 aliphatic heterocycles. The summed E-state index contributed by atoms with van der Waals surface area (Å²) in [5, 5.41) is 6.77. The summed E-state index contributed by atoms with van der Waals surface area (Å²) >= 11 is 0. The van der Waals surface area contributed by atoms with Crippen LogP contribution in [-0.4, -0.2) is 26.0 Å². The zero-order chi connectivity index (χ0) is 16.8. The van der Waals surface area contributed by atoms with Gasteiger partial charge in [0.15, 0.2) is 11.6 Å². The van der Waals surface area contributed by atoms with E-state index in [-0.39, 0.29) is 12.3 Å². The van der Waals surface area contributed by atoms with Crippen LogP contribution in [0.2, 0.25) is 0 Å². The third kappa shape index (κ3) is 2.79. The fraction of sp³-hybridized carbons (Fsp3) is 0.400. The molecule has 8 heteroatoms. The number of carbonyl (C=O) groups is 1. The SMILES string of the molecule is Cn1nc2n(c1=O)-c1cccc(NC(=O)OC(C)(C)C)c1OC2. The van der Waals surface area contributed by atoms with Crippen molar-refractivity contribution in [3.8, 4) is 11.4 Å². The van der Waals surface area contributed by atoms with E-state index >= 15 is 0 Å². The molecule has 23 heavy (non-hydrogen) atoms. The van der Waals surface area contributed by atoms with Crippen molar-refractivity contribution in [2.75, 3.05) is 5.32 Å². The molecule has 0 fully saturated rings. The molecule has 0 radical (unpaired) electrons. The first-order valence-corrected chi connectivity index (χ1v) is 7.17. The molecule has 8 nitrogen and oxygen atoms in total. The highest BCUT2D eigenvalue weighted by Crippen LogP contribution is 2.35. The molecule has 0 spiro atoms. The van der Waals surface area contributed by atoms with E-state index in [1.54, 1.807) is 46.0 Å². The Bertz CT molecular complexity index is 829. The standard InChI is InChI=1S/C15H18N4O4/c1-15(2,3)23-13(20)16-9-6-5-7-10-12(9)22-8-11-17-18(4)14(21)19(10)11/h5-7H,8H2,1-4H3,(H,16,20). The van der Waals surface area contributed by atoms with E-state index in [2.05, 4.69) is 10.4 Å². The van der Waals surface area contributed by atoms with Crippen molar-refractivity contribution < 1.29 is 14.3 Å². The highest BCUT2D eigenvalue weighted by molar-refractivity contribution is 5.88. The Labute approximate surface area is 132 Å². The molecule has 0 saturated carbocycles. The van der Waals surface area contributed by atoms with Gasteiger partial charge in [0.25, 0.3) is 0 Å². The van der Waals surface area contributed by atoms with Crippen LogP contribution in [0, 0.1) is 0 Å². The van der Waals surface area contributed by atoms with Gasteiger partial charge in [-0.3, -0.25) is 5.32 Å². The van der Waals surface area contributed by atoms with Crippen molar-refractivity contribution >= 4 is 11.8 Å². The number of nitrogens with zero attached hydrogens (tertiary/aromatic N) is 3. The number of aromatic nitrogens is 3. The minimum Gasteiger partial charge on any atom is -0.481 e. The number of hydrogen-bond acceptors (Lipinski definition) is 5. The van der Waals surface area contributed by atoms with Gasteiger partial charge in [0.05, 0.1) is 11.4 Å². The average Bonchev–Trinajstić information content (AvgIpc) is 2.72. The summed E-state index contributed by atoms with van der Waals surface area (Å²) in [4.78, 5) is 24.1. The van der Waals surface area contributed by atoms with Crippen LogP contribution in [0.15, 0.2) is 23.0 Å². The summed E-state index contributed by atoms with van der Waals surface area (Å²) in [5.41, 5.74) is 0.114. The van der Waals surface area contributed by atoms with Crippen LogP contribution in [0.4, 0.5) is 10.5 Å². The predicted octanol–water partition coefficient (Wildman–Crippen LogP) is 1.81. The third-order valence-electron chi connectivity index (χ3n) is 3.21. The third-order valence-corrected chi connectivity index (χ3v) is 3.21. The lowest BCUT2D eigenvalue weighted by Crippen LogP contribution is -2.28.